The van der Waals surface area contributed by atoms with Gasteiger partial charge in [-0.1, -0.05) is 24.3 Å². The molecule has 0 saturated carbocycles. The van der Waals surface area contributed by atoms with Gasteiger partial charge < -0.3 is 15.4 Å². The second-order valence-electron chi connectivity index (χ2n) is 6.36. The van der Waals surface area contributed by atoms with Crippen molar-refractivity contribution in [1.82, 2.24) is 20.8 Å². The third-order valence-corrected chi connectivity index (χ3v) is 4.12. The standard InChI is InChI=1S/C17H22N4O2/c1-11-12-6-4-5-7-13(12)15(21-20-11)17(2,3)19-16(22)14-10-18-8-9-23-14/h4-7,14,18H,8-10H2,1-3H3,(H,19,22). The quantitative estimate of drug-likeness (QED) is 0.892. The molecule has 23 heavy (non-hydrogen) atoms. The number of carbonyl (C=O) groups excluding carboxylic acids is 1. The van der Waals surface area contributed by atoms with Crippen LogP contribution in [0.4, 0.5) is 0 Å². The summed E-state index contributed by atoms with van der Waals surface area (Å²) in [6.45, 7) is 7.67. The van der Waals surface area contributed by atoms with Crippen molar-refractivity contribution in [3.63, 3.8) is 0 Å². The van der Waals surface area contributed by atoms with Crippen LogP contribution in [0.25, 0.3) is 10.8 Å². The number of fused-ring (bicyclic) bond motifs is 1. The second-order valence-corrected chi connectivity index (χ2v) is 6.36. The minimum Gasteiger partial charge on any atom is -0.366 e. The van der Waals surface area contributed by atoms with Gasteiger partial charge in [0.15, 0.2) is 0 Å². The highest BCUT2D eigenvalue weighted by Crippen LogP contribution is 2.27. The van der Waals surface area contributed by atoms with Gasteiger partial charge in [0.25, 0.3) is 5.91 Å². The number of rotatable bonds is 3. The van der Waals surface area contributed by atoms with Crippen LogP contribution in [0.3, 0.4) is 0 Å². The van der Waals surface area contributed by atoms with E-state index < -0.39 is 11.6 Å². The van der Waals surface area contributed by atoms with Gasteiger partial charge in [-0.2, -0.15) is 10.2 Å². The summed E-state index contributed by atoms with van der Waals surface area (Å²) < 4.78 is 5.52. The largest absolute Gasteiger partial charge is 0.366 e. The summed E-state index contributed by atoms with van der Waals surface area (Å²) in [6.07, 6.45) is -0.465. The average Bonchev–Trinajstić information content (AvgIpc) is 2.55. The van der Waals surface area contributed by atoms with Crippen molar-refractivity contribution in [2.24, 2.45) is 0 Å². The number of hydrogen-bond donors (Lipinski definition) is 2. The van der Waals surface area contributed by atoms with Gasteiger partial charge in [0.05, 0.1) is 23.5 Å². The molecule has 1 atom stereocenters. The molecule has 6 nitrogen and oxygen atoms in total. The van der Waals surface area contributed by atoms with Crippen molar-refractivity contribution in [3.8, 4) is 0 Å². The van der Waals surface area contributed by atoms with Crippen molar-refractivity contribution in [1.29, 1.82) is 0 Å². The molecule has 0 bridgehead atoms. The molecule has 122 valence electrons. The molecular weight excluding hydrogens is 292 g/mol. The third-order valence-electron chi connectivity index (χ3n) is 4.12. The van der Waals surface area contributed by atoms with E-state index in [-0.39, 0.29) is 5.91 Å². The van der Waals surface area contributed by atoms with Gasteiger partial charge in [0.2, 0.25) is 0 Å². The normalized spacial score (nSPS) is 18.8. The summed E-state index contributed by atoms with van der Waals surface area (Å²) in [5.74, 6) is -0.131. The van der Waals surface area contributed by atoms with Crippen LogP contribution in [0.15, 0.2) is 24.3 Å². The van der Waals surface area contributed by atoms with Gasteiger partial charge >= 0.3 is 0 Å². The van der Waals surface area contributed by atoms with Crippen molar-refractivity contribution >= 4 is 16.7 Å². The molecule has 1 aromatic carbocycles. The summed E-state index contributed by atoms with van der Waals surface area (Å²) in [7, 11) is 0. The van der Waals surface area contributed by atoms with Crippen LogP contribution in [0.1, 0.15) is 25.2 Å². The Labute approximate surface area is 135 Å². The highest BCUT2D eigenvalue weighted by atomic mass is 16.5. The first kappa shape index (κ1) is 15.8. The van der Waals surface area contributed by atoms with E-state index in [2.05, 4.69) is 20.8 Å². The first-order valence-corrected chi connectivity index (χ1v) is 7.86. The first-order chi connectivity index (χ1) is 11.0. The number of benzene rings is 1. The Balaban J connectivity index is 1.90. The minimum absolute atomic E-state index is 0.131. The number of ether oxygens (including phenoxy) is 1. The second kappa shape index (κ2) is 6.22. The molecule has 1 fully saturated rings. The van der Waals surface area contributed by atoms with E-state index >= 15 is 0 Å². The summed E-state index contributed by atoms with van der Waals surface area (Å²) in [6, 6.07) is 7.99. The number of morpholine rings is 1. The molecule has 0 radical (unpaired) electrons. The van der Waals surface area contributed by atoms with E-state index in [0.717, 1.165) is 28.7 Å². The van der Waals surface area contributed by atoms with E-state index in [4.69, 9.17) is 4.74 Å². The SMILES string of the molecule is Cc1nnc(C(C)(C)NC(=O)C2CNCCO2)c2ccccc12. The zero-order valence-electron chi connectivity index (χ0n) is 13.7. The van der Waals surface area contributed by atoms with E-state index in [1.54, 1.807) is 0 Å². The van der Waals surface area contributed by atoms with Gasteiger partial charge in [-0.05, 0) is 20.8 Å². The Morgan fingerprint density at radius 1 is 1.30 bits per heavy atom. The molecule has 0 spiro atoms. The summed E-state index contributed by atoms with van der Waals surface area (Å²) >= 11 is 0. The smallest absolute Gasteiger partial charge is 0.251 e. The molecule has 0 aliphatic carbocycles. The predicted octanol–water partition coefficient (Wildman–Crippen LogP) is 1.28. The van der Waals surface area contributed by atoms with Crippen LogP contribution in [0.2, 0.25) is 0 Å². The molecule has 1 saturated heterocycles. The van der Waals surface area contributed by atoms with Crippen LogP contribution < -0.4 is 10.6 Å². The fourth-order valence-corrected chi connectivity index (χ4v) is 2.88. The summed E-state index contributed by atoms with van der Waals surface area (Å²) in [5, 5.41) is 16.9. The molecule has 3 rings (SSSR count). The molecule has 6 heteroatoms. The number of aromatic nitrogens is 2. The van der Waals surface area contributed by atoms with Gasteiger partial charge in [-0.15, -0.1) is 0 Å². The number of aryl methyl sites for hydroxylation is 1. The molecule has 1 aliphatic heterocycles. The maximum atomic E-state index is 12.5. The van der Waals surface area contributed by atoms with Crippen LogP contribution >= 0.6 is 0 Å². The van der Waals surface area contributed by atoms with E-state index in [1.165, 1.54) is 0 Å². The molecule has 1 aliphatic rings. The van der Waals surface area contributed by atoms with Gasteiger partial charge in [-0.3, -0.25) is 4.79 Å². The Kier molecular flexibility index (Phi) is 4.28. The summed E-state index contributed by atoms with van der Waals surface area (Å²) in [5.41, 5.74) is 1.00. The molecule has 1 amide bonds. The minimum atomic E-state index is -0.641. The zero-order chi connectivity index (χ0) is 16.4. The number of nitrogens with zero attached hydrogens (tertiary/aromatic N) is 2. The van der Waals surface area contributed by atoms with E-state index in [0.29, 0.717) is 13.2 Å². The highest BCUT2D eigenvalue weighted by molar-refractivity contribution is 5.88. The molecule has 2 N–H and O–H groups in total. The molecule has 2 aromatic rings. The predicted molar refractivity (Wildman–Crippen MR) is 88.1 cm³/mol. The van der Waals surface area contributed by atoms with Crippen molar-refractivity contribution in [2.45, 2.75) is 32.4 Å². The van der Waals surface area contributed by atoms with Crippen LogP contribution in [0, 0.1) is 6.92 Å². The van der Waals surface area contributed by atoms with Crippen molar-refractivity contribution in [3.05, 3.63) is 35.7 Å². The maximum absolute atomic E-state index is 12.5. The lowest BCUT2D eigenvalue weighted by molar-refractivity contribution is -0.136. The monoisotopic (exact) mass is 314 g/mol. The first-order valence-electron chi connectivity index (χ1n) is 7.86. The Bertz CT molecular complexity index is 724. The number of carbonyl (C=O) groups is 1. The zero-order valence-corrected chi connectivity index (χ0v) is 13.7. The van der Waals surface area contributed by atoms with Crippen LogP contribution in [0.5, 0.6) is 0 Å². The van der Waals surface area contributed by atoms with Crippen LogP contribution in [-0.2, 0) is 15.1 Å². The Hall–Kier alpha value is -2.05. The average molecular weight is 314 g/mol. The number of nitrogens with one attached hydrogen (secondary N) is 2. The lowest BCUT2D eigenvalue weighted by Gasteiger charge is -2.30. The lowest BCUT2D eigenvalue weighted by Crippen LogP contribution is -2.52. The fourth-order valence-electron chi connectivity index (χ4n) is 2.88. The van der Waals surface area contributed by atoms with E-state index in [1.807, 2.05) is 45.0 Å². The highest BCUT2D eigenvalue weighted by Gasteiger charge is 2.31. The molecule has 1 aromatic heterocycles. The summed E-state index contributed by atoms with van der Waals surface area (Å²) in [4.78, 5) is 12.5. The van der Waals surface area contributed by atoms with E-state index in [9.17, 15) is 4.79 Å². The molecular formula is C17H22N4O2. The van der Waals surface area contributed by atoms with Crippen LogP contribution in [-0.4, -0.2) is 41.9 Å². The van der Waals surface area contributed by atoms with Crippen molar-refractivity contribution in [2.75, 3.05) is 19.7 Å². The Morgan fingerprint density at radius 3 is 2.74 bits per heavy atom. The Morgan fingerprint density at radius 2 is 2.04 bits per heavy atom. The number of hydrogen-bond acceptors (Lipinski definition) is 5. The van der Waals surface area contributed by atoms with Crippen molar-refractivity contribution < 1.29 is 9.53 Å². The topological polar surface area (TPSA) is 76.1 Å². The van der Waals surface area contributed by atoms with Gasteiger partial charge in [-0.25, -0.2) is 0 Å². The fraction of sp³-hybridized carbons (Fsp3) is 0.471. The maximum Gasteiger partial charge on any atom is 0.251 e. The van der Waals surface area contributed by atoms with Gasteiger partial charge in [0.1, 0.15) is 6.10 Å². The van der Waals surface area contributed by atoms with Gasteiger partial charge in [0, 0.05) is 23.9 Å². The lowest BCUT2D eigenvalue weighted by atomic mass is 9.94. The third kappa shape index (κ3) is 3.18. The molecule has 1 unspecified atom stereocenters. The number of amides is 1. The molecule has 2 heterocycles.